The first-order valence-corrected chi connectivity index (χ1v) is 6.33. The minimum atomic E-state index is 0. The topological polar surface area (TPSA) is 47.7 Å². The molecule has 5 nitrogen and oxygen atoms in total. The third-order valence-corrected chi connectivity index (χ3v) is 3.12. The van der Waals surface area contributed by atoms with Gasteiger partial charge in [-0.1, -0.05) is 0 Å². The van der Waals surface area contributed by atoms with E-state index in [1.54, 1.807) is 0 Å². The van der Waals surface area contributed by atoms with E-state index in [0.29, 0.717) is 0 Å². The molecule has 2 aromatic heterocycles. The average Bonchev–Trinajstić information content (AvgIpc) is 2.83. The van der Waals surface area contributed by atoms with E-state index in [1.165, 1.54) is 11.1 Å². The van der Waals surface area contributed by atoms with Crippen LogP contribution in [0.25, 0.3) is 0 Å². The van der Waals surface area contributed by atoms with Crippen molar-refractivity contribution in [3.05, 3.63) is 34.9 Å². The monoisotopic (exact) mass is 283 g/mol. The molecule has 0 aliphatic heterocycles. The minimum Gasteiger partial charge on any atom is -0.308 e. The molecule has 2 heterocycles. The number of hydrogen-bond acceptors (Lipinski definition) is 3. The highest BCUT2D eigenvalue weighted by molar-refractivity contribution is 5.85. The molecule has 6 heteroatoms. The molecule has 2 aromatic rings. The molecule has 0 saturated heterocycles. The van der Waals surface area contributed by atoms with Crippen molar-refractivity contribution in [1.29, 1.82) is 0 Å². The summed E-state index contributed by atoms with van der Waals surface area (Å²) in [6.07, 6.45) is 4.17. The lowest BCUT2D eigenvalue weighted by atomic mass is 10.2. The fraction of sp³-hybridized carbons (Fsp3) is 0.538. The average molecular weight is 284 g/mol. The fourth-order valence-corrected chi connectivity index (χ4v) is 2.05. The molecule has 19 heavy (non-hydrogen) atoms. The predicted molar refractivity (Wildman–Crippen MR) is 78.4 cm³/mol. The Morgan fingerprint density at radius 2 is 1.63 bits per heavy atom. The van der Waals surface area contributed by atoms with Crippen molar-refractivity contribution in [2.75, 3.05) is 0 Å². The highest BCUT2D eigenvalue weighted by atomic mass is 35.5. The highest BCUT2D eigenvalue weighted by Gasteiger charge is 2.05. The van der Waals surface area contributed by atoms with E-state index in [0.717, 1.165) is 31.0 Å². The van der Waals surface area contributed by atoms with Crippen molar-refractivity contribution in [3.63, 3.8) is 0 Å². The Bertz CT molecular complexity index is 529. The predicted octanol–water partition coefficient (Wildman–Crippen LogP) is 1.96. The van der Waals surface area contributed by atoms with Crippen molar-refractivity contribution in [3.8, 4) is 0 Å². The van der Waals surface area contributed by atoms with E-state index in [-0.39, 0.29) is 12.4 Å². The van der Waals surface area contributed by atoms with Crippen LogP contribution in [0.4, 0.5) is 0 Å². The van der Waals surface area contributed by atoms with Crippen molar-refractivity contribution < 1.29 is 0 Å². The Labute approximate surface area is 120 Å². The van der Waals surface area contributed by atoms with E-state index in [4.69, 9.17) is 0 Å². The van der Waals surface area contributed by atoms with Gasteiger partial charge in [-0.15, -0.1) is 12.4 Å². The smallest absolute Gasteiger partial charge is 0.0638 e. The third-order valence-electron chi connectivity index (χ3n) is 3.12. The maximum Gasteiger partial charge on any atom is 0.0638 e. The van der Waals surface area contributed by atoms with Crippen LogP contribution >= 0.6 is 12.4 Å². The van der Waals surface area contributed by atoms with Crippen molar-refractivity contribution in [2.24, 2.45) is 7.05 Å². The molecule has 0 atom stereocenters. The van der Waals surface area contributed by atoms with E-state index < -0.39 is 0 Å². The summed E-state index contributed by atoms with van der Waals surface area (Å²) >= 11 is 0. The molecule has 1 N–H and O–H groups in total. The molecule has 0 fully saturated rings. The molecule has 0 spiro atoms. The Balaban J connectivity index is 0.00000180. The van der Waals surface area contributed by atoms with Gasteiger partial charge in [-0.3, -0.25) is 9.36 Å². The molecular formula is C13H22ClN5. The summed E-state index contributed by atoms with van der Waals surface area (Å²) in [5.74, 6) is 0. The summed E-state index contributed by atoms with van der Waals surface area (Å²) in [7, 11) is 1.95. The van der Waals surface area contributed by atoms with Gasteiger partial charge >= 0.3 is 0 Å². The minimum absolute atomic E-state index is 0. The Morgan fingerprint density at radius 1 is 1.05 bits per heavy atom. The van der Waals surface area contributed by atoms with E-state index >= 15 is 0 Å². The second-order valence-electron chi connectivity index (χ2n) is 4.61. The number of rotatable bonds is 5. The Kier molecular flexibility index (Phi) is 5.57. The molecule has 0 bridgehead atoms. The van der Waals surface area contributed by atoms with Gasteiger partial charge in [-0.25, -0.2) is 0 Å². The van der Waals surface area contributed by atoms with E-state index in [1.807, 2.05) is 23.3 Å². The van der Waals surface area contributed by atoms with Gasteiger partial charge in [0, 0.05) is 50.2 Å². The lowest BCUT2D eigenvalue weighted by Crippen LogP contribution is -2.13. The standard InChI is InChI=1S/C13H21N5.ClH/c1-5-18-9-13(11(3)16-18)7-14-6-12-8-17(4)15-10(12)2;/h8-9,14H,5-7H2,1-4H3;1H. The van der Waals surface area contributed by atoms with E-state index in [9.17, 15) is 0 Å². The number of nitrogens with one attached hydrogen (secondary N) is 1. The quantitative estimate of drug-likeness (QED) is 0.913. The van der Waals surface area contributed by atoms with Gasteiger partial charge in [-0.2, -0.15) is 10.2 Å². The van der Waals surface area contributed by atoms with E-state index in [2.05, 4.69) is 41.8 Å². The third kappa shape index (κ3) is 3.81. The summed E-state index contributed by atoms with van der Waals surface area (Å²) in [6, 6.07) is 0. The van der Waals surface area contributed by atoms with Gasteiger partial charge in [0.25, 0.3) is 0 Å². The zero-order valence-electron chi connectivity index (χ0n) is 12.0. The van der Waals surface area contributed by atoms with Crippen molar-refractivity contribution >= 4 is 12.4 Å². The van der Waals surface area contributed by atoms with Gasteiger partial charge in [0.05, 0.1) is 11.4 Å². The zero-order chi connectivity index (χ0) is 13.1. The molecule has 0 radical (unpaired) electrons. The summed E-state index contributed by atoms with van der Waals surface area (Å²) in [5.41, 5.74) is 4.70. The molecule has 0 amide bonds. The van der Waals surface area contributed by atoms with Gasteiger partial charge in [0.1, 0.15) is 0 Å². The summed E-state index contributed by atoms with van der Waals surface area (Å²) < 4.78 is 3.83. The molecule has 0 saturated carbocycles. The van der Waals surface area contributed by atoms with Crippen LogP contribution in [0.15, 0.2) is 12.4 Å². The van der Waals surface area contributed by atoms with Crippen LogP contribution in [0.5, 0.6) is 0 Å². The molecular weight excluding hydrogens is 262 g/mol. The van der Waals surface area contributed by atoms with Crippen LogP contribution < -0.4 is 5.32 Å². The number of aromatic nitrogens is 4. The van der Waals surface area contributed by atoms with Gasteiger partial charge in [0.15, 0.2) is 0 Å². The molecule has 0 aliphatic rings. The lowest BCUT2D eigenvalue weighted by Gasteiger charge is -2.02. The van der Waals surface area contributed by atoms with Crippen molar-refractivity contribution in [2.45, 2.75) is 40.4 Å². The first kappa shape index (κ1) is 15.7. The highest BCUT2D eigenvalue weighted by Crippen LogP contribution is 2.07. The number of nitrogens with zero attached hydrogens (tertiary/aromatic N) is 4. The summed E-state index contributed by atoms with van der Waals surface area (Å²) in [6.45, 7) is 8.80. The van der Waals surface area contributed by atoms with Crippen LogP contribution in [-0.4, -0.2) is 19.6 Å². The normalized spacial score (nSPS) is 10.5. The van der Waals surface area contributed by atoms with Crippen LogP contribution in [-0.2, 0) is 26.7 Å². The van der Waals surface area contributed by atoms with Crippen molar-refractivity contribution in [1.82, 2.24) is 24.9 Å². The maximum atomic E-state index is 4.44. The maximum absolute atomic E-state index is 4.44. The molecule has 0 aromatic carbocycles. The zero-order valence-corrected chi connectivity index (χ0v) is 12.8. The number of halogens is 1. The molecule has 106 valence electrons. The first-order chi connectivity index (χ1) is 8.60. The summed E-state index contributed by atoms with van der Waals surface area (Å²) in [4.78, 5) is 0. The van der Waals surface area contributed by atoms with Crippen LogP contribution in [0.1, 0.15) is 29.4 Å². The molecule has 0 aliphatic carbocycles. The fourth-order valence-electron chi connectivity index (χ4n) is 2.05. The molecule has 0 unspecified atom stereocenters. The number of hydrogen-bond donors (Lipinski definition) is 1. The molecule has 2 rings (SSSR count). The Hall–Kier alpha value is -1.33. The first-order valence-electron chi connectivity index (χ1n) is 6.33. The largest absolute Gasteiger partial charge is 0.308 e. The van der Waals surface area contributed by atoms with Crippen LogP contribution in [0, 0.1) is 13.8 Å². The lowest BCUT2D eigenvalue weighted by molar-refractivity contribution is 0.651. The summed E-state index contributed by atoms with van der Waals surface area (Å²) in [5, 5.41) is 12.2. The van der Waals surface area contributed by atoms with Gasteiger partial charge in [0.2, 0.25) is 0 Å². The van der Waals surface area contributed by atoms with Crippen LogP contribution in [0.2, 0.25) is 0 Å². The van der Waals surface area contributed by atoms with Gasteiger partial charge in [-0.05, 0) is 20.8 Å². The number of aryl methyl sites for hydroxylation is 4. The SMILES string of the molecule is CCn1cc(CNCc2cn(C)nc2C)c(C)n1.Cl. The van der Waals surface area contributed by atoms with Crippen LogP contribution in [0.3, 0.4) is 0 Å². The Morgan fingerprint density at radius 3 is 2.11 bits per heavy atom. The van der Waals surface area contributed by atoms with Gasteiger partial charge < -0.3 is 5.32 Å². The second kappa shape index (κ2) is 6.73. The second-order valence-corrected chi connectivity index (χ2v) is 4.61.